The monoisotopic (exact) mass is 328 g/mol. The van der Waals surface area contributed by atoms with Crippen molar-refractivity contribution in [2.24, 2.45) is 0 Å². The summed E-state index contributed by atoms with van der Waals surface area (Å²) in [4.78, 5) is 28.0. The molecule has 1 aliphatic carbocycles. The summed E-state index contributed by atoms with van der Waals surface area (Å²) in [6, 6.07) is 6.52. The van der Waals surface area contributed by atoms with E-state index in [1.54, 1.807) is 0 Å². The highest BCUT2D eigenvalue weighted by Gasteiger charge is 2.31. The molecule has 0 saturated carbocycles. The number of piperidine rings is 1. The van der Waals surface area contributed by atoms with Crippen molar-refractivity contribution in [2.75, 3.05) is 31.5 Å². The average molecular weight is 328 g/mol. The van der Waals surface area contributed by atoms with E-state index in [-0.39, 0.29) is 18.1 Å². The number of carbonyl (C=O) groups excluding carboxylic acids is 2. The van der Waals surface area contributed by atoms with Crippen LogP contribution >= 0.6 is 0 Å². The fraction of sp³-hybridized carbons (Fsp3) is 0.556. The molecule has 2 fully saturated rings. The molecule has 3 aliphatic rings. The first-order valence-electron chi connectivity index (χ1n) is 8.93. The van der Waals surface area contributed by atoms with Crippen molar-refractivity contribution in [1.82, 2.24) is 15.1 Å². The largest absolute Gasteiger partial charge is 0.336 e. The molecule has 0 aromatic heterocycles. The summed E-state index contributed by atoms with van der Waals surface area (Å²) in [7, 11) is 0. The third kappa shape index (κ3) is 2.92. The molecule has 2 aliphatic heterocycles. The Morgan fingerprint density at radius 3 is 2.67 bits per heavy atom. The van der Waals surface area contributed by atoms with Crippen LogP contribution in [0.25, 0.3) is 0 Å². The molecule has 0 spiro atoms. The van der Waals surface area contributed by atoms with Gasteiger partial charge in [0.1, 0.15) is 0 Å². The van der Waals surface area contributed by atoms with Gasteiger partial charge < -0.3 is 20.4 Å². The summed E-state index contributed by atoms with van der Waals surface area (Å²) >= 11 is 0. The summed E-state index contributed by atoms with van der Waals surface area (Å²) in [6.45, 7) is 2.92. The molecule has 0 radical (unpaired) electrons. The van der Waals surface area contributed by atoms with Crippen LogP contribution in [0.3, 0.4) is 0 Å². The Kier molecular flexibility index (Phi) is 4.04. The molecule has 24 heavy (non-hydrogen) atoms. The van der Waals surface area contributed by atoms with Crippen LogP contribution in [0, 0.1) is 0 Å². The lowest BCUT2D eigenvalue weighted by atomic mass is 10.0. The number of carbonyl (C=O) groups is 2. The Morgan fingerprint density at radius 2 is 1.92 bits per heavy atom. The van der Waals surface area contributed by atoms with Gasteiger partial charge in [0.15, 0.2) is 0 Å². The number of nitrogens with one attached hydrogen (secondary N) is 2. The quantitative estimate of drug-likeness (QED) is 0.874. The lowest BCUT2D eigenvalue weighted by Gasteiger charge is -2.36. The molecule has 6 heteroatoms. The number of hydrogen-bond donors (Lipinski definition) is 2. The van der Waals surface area contributed by atoms with Gasteiger partial charge in [-0.05, 0) is 55.4 Å². The Labute approximate surface area is 142 Å². The normalized spacial score (nSPS) is 20.9. The molecule has 1 aromatic rings. The van der Waals surface area contributed by atoms with E-state index in [0.29, 0.717) is 13.1 Å². The van der Waals surface area contributed by atoms with E-state index in [1.807, 2.05) is 15.9 Å². The molecule has 2 N–H and O–H groups in total. The van der Waals surface area contributed by atoms with E-state index in [1.165, 1.54) is 17.5 Å². The highest BCUT2D eigenvalue weighted by Crippen LogP contribution is 2.25. The smallest absolute Gasteiger partial charge is 0.321 e. The van der Waals surface area contributed by atoms with E-state index in [9.17, 15) is 9.59 Å². The fourth-order valence-corrected chi connectivity index (χ4v) is 4.07. The SMILES string of the molecule is O=C(Nc1ccc2c(c1)CCC2)N1CCC(N2CCNC2=O)CC1. The molecule has 2 heterocycles. The van der Waals surface area contributed by atoms with Gasteiger partial charge in [0, 0.05) is 37.9 Å². The van der Waals surface area contributed by atoms with E-state index >= 15 is 0 Å². The highest BCUT2D eigenvalue weighted by molar-refractivity contribution is 5.89. The molecule has 1 aromatic carbocycles. The maximum absolute atomic E-state index is 12.5. The number of fused-ring (bicyclic) bond motifs is 1. The van der Waals surface area contributed by atoms with Crippen LogP contribution in [0.4, 0.5) is 15.3 Å². The summed E-state index contributed by atoms with van der Waals surface area (Å²) in [5.41, 5.74) is 3.67. The minimum Gasteiger partial charge on any atom is -0.336 e. The Balaban J connectivity index is 1.32. The number of hydrogen-bond acceptors (Lipinski definition) is 2. The second-order valence-electron chi connectivity index (χ2n) is 6.91. The van der Waals surface area contributed by atoms with E-state index in [4.69, 9.17) is 0 Å². The van der Waals surface area contributed by atoms with Gasteiger partial charge in [-0.2, -0.15) is 0 Å². The van der Waals surface area contributed by atoms with Crippen LogP contribution in [0.15, 0.2) is 18.2 Å². The Bertz CT molecular complexity index is 652. The van der Waals surface area contributed by atoms with Gasteiger partial charge >= 0.3 is 12.1 Å². The fourth-order valence-electron chi connectivity index (χ4n) is 4.07. The van der Waals surface area contributed by atoms with E-state index < -0.39 is 0 Å². The van der Waals surface area contributed by atoms with Gasteiger partial charge in [0.2, 0.25) is 0 Å². The van der Waals surface area contributed by atoms with E-state index in [2.05, 4.69) is 22.8 Å². The number of anilines is 1. The third-order valence-corrected chi connectivity index (χ3v) is 5.43. The molecule has 4 amide bonds. The number of rotatable bonds is 2. The predicted octanol–water partition coefficient (Wildman–Crippen LogP) is 2.20. The minimum absolute atomic E-state index is 0.0303. The van der Waals surface area contributed by atoms with Gasteiger partial charge in [-0.15, -0.1) is 0 Å². The Hall–Kier alpha value is -2.24. The maximum atomic E-state index is 12.5. The second kappa shape index (κ2) is 6.34. The zero-order valence-corrected chi connectivity index (χ0v) is 13.9. The van der Waals surface area contributed by atoms with Gasteiger partial charge in [-0.3, -0.25) is 0 Å². The van der Waals surface area contributed by atoms with Crippen LogP contribution in [-0.4, -0.2) is 54.1 Å². The van der Waals surface area contributed by atoms with Crippen LogP contribution in [0.1, 0.15) is 30.4 Å². The molecule has 0 bridgehead atoms. The van der Waals surface area contributed by atoms with Crippen LogP contribution < -0.4 is 10.6 Å². The first-order chi connectivity index (χ1) is 11.7. The molecule has 4 rings (SSSR count). The summed E-state index contributed by atoms with van der Waals surface area (Å²) in [5.74, 6) is 0. The van der Waals surface area contributed by atoms with Crippen molar-refractivity contribution < 1.29 is 9.59 Å². The number of amides is 4. The first-order valence-corrected chi connectivity index (χ1v) is 8.93. The van der Waals surface area contributed by atoms with Crippen molar-refractivity contribution in [3.05, 3.63) is 29.3 Å². The third-order valence-electron chi connectivity index (χ3n) is 5.43. The number of likely N-dealkylation sites (tertiary alicyclic amines) is 1. The predicted molar refractivity (Wildman–Crippen MR) is 92.2 cm³/mol. The zero-order chi connectivity index (χ0) is 16.5. The van der Waals surface area contributed by atoms with Gasteiger partial charge in [-0.25, -0.2) is 9.59 Å². The summed E-state index contributed by atoms with van der Waals surface area (Å²) in [5, 5.41) is 5.88. The molecule has 6 nitrogen and oxygen atoms in total. The number of aryl methyl sites for hydroxylation is 2. The highest BCUT2D eigenvalue weighted by atomic mass is 16.2. The van der Waals surface area contributed by atoms with Gasteiger partial charge in [0.25, 0.3) is 0 Å². The zero-order valence-electron chi connectivity index (χ0n) is 13.9. The van der Waals surface area contributed by atoms with Crippen molar-refractivity contribution in [1.29, 1.82) is 0 Å². The second-order valence-corrected chi connectivity index (χ2v) is 6.91. The van der Waals surface area contributed by atoms with Crippen molar-refractivity contribution in [3.8, 4) is 0 Å². The molecule has 128 valence electrons. The molecular weight excluding hydrogens is 304 g/mol. The molecule has 0 unspecified atom stereocenters. The van der Waals surface area contributed by atoms with Crippen LogP contribution in [0.5, 0.6) is 0 Å². The molecule has 2 saturated heterocycles. The Morgan fingerprint density at radius 1 is 1.12 bits per heavy atom. The van der Waals surface area contributed by atoms with Crippen LogP contribution in [-0.2, 0) is 12.8 Å². The van der Waals surface area contributed by atoms with Crippen molar-refractivity contribution in [2.45, 2.75) is 38.1 Å². The molecular formula is C18H24N4O2. The number of benzene rings is 1. The minimum atomic E-state index is -0.0303. The van der Waals surface area contributed by atoms with Crippen molar-refractivity contribution in [3.63, 3.8) is 0 Å². The lowest BCUT2D eigenvalue weighted by molar-refractivity contribution is 0.147. The summed E-state index contributed by atoms with van der Waals surface area (Å²) in [6.07, 6.45) is 5.18. The average Bonchev–Trinajstić information content (AvgIpc) is 3.23. The standard InChI is InChI=1S/C18H24N4O2/c23-17-19-8-11-22(17)16-6-9-21(10-7-16)18(24)20-15-5-4-13-2-1-3-14(13)12-15/h4-5,12,16H,1-3,6-11H2,(H,19,23)(H,20,24). The van der Waals surface area contributed by atoms with Gasteiger partial charge in [-0.1, -0.05) is 6.07 Å². The first kappa shape index (κ1) is 15.3. The maximum Gasteiger partial charge on any atom is 0.321 e. The van der Waals surface area contributed by atoms with Gasteiger partial charge in [0.05, 0.1) is 0 Å². The lowest BCUT2D eigenvalue weighted by Crippen LogP contribution is -2.48. The topological polar surface area (TPSA) is 64.7 Å². The van der Waals surface area contributed by atoms with Crippen molar-refractivity contribution >= 4 is 17.7 Å². The van der Waals surface area contributed by atoms with E-state index in [0.717, 1.165) is 44.5 Å². The van der Waals surface area contributed by atoms with Crippen LogP contribution in [0.2, 0.25) is 0 Å². The summed E-state index contributed by atoms with van der Waals surface area (Å²) < 4.78 is 0. The molecule has 0 atom stereocenters. The number of urea groups is 2. The number of nitrogens with zero attached hydrogens (tertiary/aromatic N) is 2.